The van der Waals surface area contributed by atoms with E-state index >= 15 is 0 Å². The summed E-state index contributed by atoms with van der Waals surface area (Å²) in [5.41, 5.74) is 4.22. The molecular formula is C30H32N4O4. The maximum atomic E-state index is 13.2. The van der Waals surface area contributed by atoms with Gasteiger partial charge in [-0.2, -0.15) is 0 Å². The standard InChI is InChI=1S/C30H32N4O4/c1-21-6-8-25(9-7-21)32-14-16-33(17-15-32)30(37)22-4-3-5-24(18-22)31-29(36)23-19-28(35)34(20-23)26-10-12-27(38-2)13-11-26/h3-13,18,23H,14-17,19-20H2,1-2H3,(H,31,36). The first-order chi connectivity index (χ1) is 18.4. The van der Waals surface area contributed by atoms with E-state index in [0.717, 1.165) is 18.8 Å². The van der Waals surface area contributed by atoms with Crippen molar-refractivity contribution in [1.29, 1.82) is 0 Å². The zero-order valence-corrected chi connectivity index (χ0v) is 21.7. The maximum absolute atomic E-state index is 13.2. The van der Waals surface area contributed by atoms with Gasteiger partial charge in [-0.25, -0.2) is 0 Å². The Hall–Kier alpha value is -4.33. The van der Waals surface area contributed by atoms with Crippen LogP contribution in [0.3, 0.4) is 0 Å². The predicted octanol–water partition coefficient (Wildman–Crippen LogP) is 3.96. The molecule has 5 rings (SSSR count). The molecule has 38 heavy (non-hydrogen) atoms. The van der Waals surface area contributed by atoms with Crippen molar-refractivity contribution in [1.82, 2.24) is 4.90 Å². The van der Waals surface area contributed by atoms with Crippen LogP contribution in [0.2, 0.25) is 0 Å². The van der Waals surface area contributed by atoms with E-state index in [4.69, 9.17) is 4.74 Å². The number of anilines is 3. The summed E-state index contributed by atoms with van der Waals surface area (Å²) in [6.45, 7) is 5.18. The lowest BCUT2D eigenvalue weighted by atomic mass is 10.1. The molecule has 2 aliphatic rings. The number of methoxy groups -OCH3 is 1. The van der Waals surface area contributed by atoms with Crippen LogP contribution in [0, 0.1) is 12.8 Å². The predicted molar refractivity (Wildman–Crippen MR) is 148 cm³/mol. The SMILES string of the molecule is COc1ccc(N2CC(C(=O)Nc3cccc(C(=O)N4CCN(c5ccc(C)cc5)CC4)c3)CC2=O)cc1. The first kappa shape index (κ1) is 25.3. The Kier molecular flexibility index (Phi) is 7.31. The summed E-state index contributed by atoms with van der Waals surface area (Å²) in [6.07, 6.45) is 0.141. The van der Waals surface area contributed by atoms with Crippen LogP contribution in [-0.2, 0) is 9.59 Å². The number of amides is 3. The molecule has 3 aromatic carbocycles. The molecule has 0 bridgehead atoms. The molecule has 1 unspecified atom stereocenters. The Morgan fingerprint density at radius 2 is 1.58 bits per heavy atom. The highest BCUT2D eigenvalue weighted by atomic mass is 16.5. The fourth-order valence-corrected chi connectivity index (χ4v) is 4.98. The van der Waals surface area contributed by atoms with Gasteiger partial charge in [0.05, 0.1) is 13.0 Å². The van der Waals surface area contributed by atoms with Gasteiger partial charge in [-0.15, -0.1) is 0 Å². The lowest BCUT2D eigenvalue weighted by Crippen LogP contribution is -2.48. The Morgan fingerprint density at radius 1 is 0.895 bits per heavy atom. The summed E-state index contributed by atoms with van der Waals surface area (Å²) in [5, 5.41) is 2.91. The molecule has 3 aromatic rings. The minimum absolute atomic E-state index is 0.0496. The number of nitrogens with one attached hydrogen (secondary N) is 1. The van der Waals surface area contributed by atoms with Crippen molar-refractivity contribution in [2.75, 3.05) is 55.0 Å². The van der Waals surface area contributed by atoms with E-state index in [1.165, 1.54) is 11.3 Å². The molecule has 0 aromatic heterocycles. The number of hydrogen-bond donors (Lipinski definition) is 1. The molecule has 0 aliphatic carbocycles. The molecule has 0 radical (unpaired) electrons. The molecule has 1 N–H and O–H groups in total. The van der Waals surface area contributed by atoms with Gasteiger partial charge in [-0.1, -0.05) is 23.8 Å². The third-order valence-corrected chi connectivity index (χ3v) is 7.22. The molecule has 2 aliphatic heterocycles. The third-order valence-electron chi connectivity index (χ3n) is 7.22. The van der Waals surface area contributed by atoms with Gasteiger partial charge in [0.2, 0.25) is 11.8 Å². The van der Waals surface area contributed by atoms with Crippen molar-refractivity contribution in [3.05, 3.63) is 83.9 Å². The quantitative estimate of drug-likeness (QED) is 0.541. The van der Waals surface area contributed by atoms with Crippen molar-refractivity contribution in [3.63, 3.8) is 0 Å². The molecule has 0 saturated carbocycles. The number of carbonyl (C=O) groups is 3. The van der Waals surface area contributed by atoms with Gasteiger partial charge in [0.25, 0.3) is 5.91 Å². The number of nitrogens with zero attached hydrogens (tertiary/aromatic N) is 3. The van der Waals surface area contributed by atoms with Gasteiger partial charge in [0, 0.05) is 61.8 Å². The lowest BCUT2D eigenvalue weighted by molar-refractivity contribution is -0.122. The normalized spacial score (nSPS) is 17.5. The van der Waals surface area contributed by atoms with Crippen LogP contribution < -0.4 is 19.9 Å². The fourth-order valence-electron chi connectivity index (χ4n) is 4.98. The smallest absolute Gasteiger partial charge is 0.254 e. The number of hydrogen-bond acceptors (Lipinski definition) is 5. The molecule has 8 nitrogen and oxygen atoms in total. The first-order valence-electron chi connectivity index (χ1n) is 12.9. The highest BCUT2D eigenvalue weighted by Crippen LogP contribution is 2.28. The van der Waals surface area contributed by atoms with Crippen LogP contribution in [0.1, 0.15) is 22.3 Å². The summed E-state index contributed by atoms with van der Waals surface area (Å²) in [7, 11) is 1.59. The van der Waals surface area contributed by atoms with Crippen LogP contribution in [0.15, 0.2) is 72.8 Å². The zero-order valence-electron chi connectivity index (χ0n) is 21.7. The summed E-state index contributed by atoms with van der Waals surface area (Å²) in [4.78, 5) is 44.6. The van der Waals surface area contributed by atoms with Crippen LogP contribution in [0.25, 0.3) is 0 Å². The molecule has 2 fully saturated rings. The van der Waals surface area contributed by atoms with Crippen molar-refractivity contribution in [2.45, 2.75) is 13.3 Å². The van der Waals surface area contributed by atoms with Crippen molar-refractivity contribution < 1.29 is 19.1 Å². The van der Waals surface area contributed by atoms with E-state index in [2.05, 4.69) is 41.4 Å². The molecule has 8 heteroatoms. The monoisotopic (exact) mass is 512 g/mol. The molecule has 2 heterocycles. The molecule has 3 amide bonds. The molecule has 196 valence electrons. The average molecular weight is 513 g/mol. The van der Waals surface area contributed by atoms with Crippen LogP contribution in [0.5, 0.6) is 5.75 Å². The molecule has 2 saturated heterocycles. The topological polar surface area (TPSA) is 82.2 Å². The zero-order chi connectivity index (χ0) is 26.6. The van der Waals surface area contributed by atoms with Gasteiger partial charge in [0.1, 0.15) is 5.75 Å². The van der Waals surface area contributed by atoms with E-state index in [0.29, 0.717) is 36.6 Å². The van der Waals surface area contributed by atoms with Gasteiger partial charge in [0.15, 0.2) is 0 Å². The fraction of sp³-hybridized carbons (Fsp3) is 0.300. The van der Waals surface area contributed by atoms with E-state index < -0.39 is 5.92 Å². The van der Waals surface area contributed by atoms with E-state index in [-0.39, 0.29) is 24.1 Å². The highest BCUT2D eigenvalue weighted by Gasteiger charge is 2.35. The molecular weight excluding hydrogens is 480 g/mol. The van der Waals surface area contributed by atoms with Gasteiger partial charge in [-0.3, -0.25) is 14.4 Å². The Morgan fingerprint density at radius 3 is 2.26 bits per heavy atom. The van der Waals surface area contributed by atoms with Crippen LogP contribution >= 0.6 is 0 Å². The number of benzene rings is 3. The highest BCUT2D eigenvalue weighted by molar-refractivity contribution is 6.04. The Bertz CT molecular complexity index is 1310. The third kappa shape index (κ3) is 5.49. The average Bonchev–Trinajstić information content (AvgIpc) is 3.35. The number of aryl methyl sites for hydroxylation is 1. The second-order valence-corrected chi connectivity index (χ2v) is 9.79. The van der Waals surface area contributed by atoms with Gasteiger partial charge in [-0.05, 0) is 61.5 Å². The van der Waals surface area contributed by atoms with Crippen molar-refractivity contribution >= 4 is 34.8 Å². The van der Waals surface area contributed by atoms with E-state index in [1.807, 2.05) is 17.0 Å². The summed E-state index contributed by atoms with van der Waals surface area (Å²) >= 11 is 0. The van der Waals surface area contributed by atoms with E-state index in [1.54, 1.807) is 48.4 Å². The number of carbonyl (C=O) groups excluding carboxylic acids is 3. The van der Waals surface area contributed by atoms with Gasteiger partial charge >= 0.3 is 0 Å². The van der Waals surface area contributed by atoms with Crippen molar-refractivity contribution in [3.8, 4) is 5.75 Å². The lowest BCUT2D eigenvalue weighted by Gasteiger charge is -2.36. The summed E-state index contributed by atoms with van der Waals surface area (Å²) < 4.78 is 5.18. The maximum Gasteiger partial charge on any atom is 0.254 e. The van der Waals surface area contributed by atoms with Crippen LogP contribution in [-0.4, -0.2) is 62.5 Å². The van der Waals surface area contributed by atoms with Gasteiger partial charge < -0.3 is 24.8 Å². The number of rotatable bonds is 6. The largest absolute Gasteiger partial charge is 0.497 e. The summed E-state index contributed by atoms with van der Waals surface area (Å²) in [6, 6.07) is 22.7. The Labute approximate surface area is 222 Å². The number of ether oxygens (including phenoxy) is 1. The molecule has 1 atom stereocenters. The molecule has 0 spiro atoms. The van der Waals surface area contributed by atoms with Crippen molar-refractivity contribution in [2.24, 2.45) is 5.92 Å². The number of piperazine rings is 1. The Balaban J connectivity index is 1.18. The first-order valence-corrected chi connectivity index (χ1v) is 12.9. The second kappa shape index (κ2) is 11.0. The van der Waals surface area contributed by atoms with E-state index in [9.17, 15) is 14.4 Å². The summed E-state index contributed by atoms with van der Waals surface area (Å²) in [5.74, 6) is -0.142. The minimum Gasteiger partial charge on any atom is -0.497 e. The second-order valence-electron chi connectivity index (χ2n) is 9.79. The minimum atomic E-state index is -0.473. The van der Waals surface area contributed by atoms with Crippen LogP contribution in [0.4, 0.5) is 17.1 Å².